The Balaban J connectivity index is 2.08. The maximum atomic E-state index is 12.7. The highest BCUT2D eigenvalue weighted by Gasteiger charge is 2.34. The number of sulfonamides is 1. The quantitative estimate of drug-likeness (QED) is 0.937. The number of benzene rings is 1. The lowest BCUT2D eigenvalue weighted by Gasteiger charge is -2.18. The predicted molar refractivity (Wildman–Crippen MR) is 75.1 cm³/mol. The van der Waals surface area contributed by atoms with E-state index in [0.717, 1.165) is 11.6 Å². The summed E-state index contributed by atoms with van der Waals surface area (Å²) in [7, 11) is -3.82. The first-order valence-corrected chi connectivity index (χ1v) is 7.79. The van der Waals surface area contributed by atoms with Gasteiger partial charge in [0.1, 0.15) is 10.7 Å². The fourth-order valence-corrected chi connectivity index (χ4v) is 4.17. The molecule has 1 aliphatic heterocycles. The minimum absolute atomic E-state index is 0.0804. The van der Waals surface area contributed by atoms with Crippen LogP contribution in [0.3, 0.4) is 0 Å². The van der Waals surface area contributed by atoms with Crippen LogP contribution in [-0.2, 0) is 16.4 Å². The number of furan rings is 1. The van der Waals surface area contributed by atoms with E-state index in [9.17, 15) is 13.2 Å². The molecule has 1 N–H and O–H groups in total. The molecular formula is C14H13NO5S. The van der Waals surface area contributed by atoms with Crippen molar-refractivity contribution in [2.45, 2.75) is 18.2 Å². The van der Waals surface area contributed by atoms with E-state index >= 15 is 0 Å². The topological polar surface area (TPSA) is 87.8 Å². The minimum atomic E-state index is -3.82. The fraction of sp³-hybridized carbons (Fsp3) is 0.214. The zero-order valence-corrected chi connectivity index (χ0v) is 12.1. The van der Waals surface area contributed by atoms with Gasteiger partial charge in [-0.2, -0.15) is 0 Å². The number of carboxylic acid groups (broad SMARTS) is 1. The summed E-state index contributed by atoms with van der Waals surface area (Å²) in [6.07, 6.45) is 0.637. The molecule has 0 spiro atoms. The molecule has 1 aromatic carbocycles. The maximum Gasteiger partial charge on any atom is 0.371 e. The lowest BCUT2D eigenvalue weighted by Crippen LogP contribution is -2.29. The number of nitrogens with zero attached hydrogens (tertiary/aromatic N) is 1. The van der Waals surface area contributed by atoms with Crippen molar-refractivity contribution >= 4 is 21.7 Å². The SMILES string of the molecule is Cc1oc(C(=O)O)cc1S(=O)(=O)N1CCc2ccccc21. The van der Waals surface area contributed by atoms with Crippen LogP contribution >= 0.6 is 0 Å². The third-order valence-electron chi connectivity index (χ3n) is 3.50. The molecule has 0 saturated carbocycles. The van der Waals surface area contributed by atoms with Gasteiger partial charge >= 0.3 is 5.97 Å². The van der Waals surface area contributed by atoms with Gasteiger partial charge in [0, 0.05) is 12.6 Å². The molecule has 0 saturated heterocycles. The Morgan fingerprint density at radius 2 is 2.05 bits per heavy atom. The van der Waals surface area contributed by atoms with Crippen LogP contribution in [0, 0.1) is 6.92 Å². The summed E-state index contributed by atoms with van der Waals surface area (Å²) < 4.78 is 31.8. The Kier molecular flexibility index (Phi) is 3.02. The molecule has 6 nitrogen and oxygen atoms in total. The summed E-state index contributed by atoms with van der Waals surface area (Å²) in [6, 6.07) is 8.33. The summed E-state index contributed by atoms with van der Waals surface area (Å²) in [6.45, 7) is 1.79. The van der Waals surface area contributed by atoms with Crippen molar-refractivity contribution in [3.05, 3.63) is 47.4 Å². The highest BCUT2D eigenvalue weighted by Crippen LogP contribution is 2.34. The van der Waals surface area contributed by atoms with E-state index in [1.54, 1.807) is 12.1 Å². The molecule has 0 amide bonds. The molecular weight excluding hydrogens is 294 g/mol. The first kappa shape index (κ1) is 13.7. The van der Waals surface area contributed by atoms with Crippen molar-refractivity contribution in [2.24, 2.45) is 0 Å². The number of hydrogen-bond acceptors (Lipinski definition) is 4. The Hall–Kier alpha value is -2.28. The average Bonchev–Trinajstić information content (AvgIpc) is 3.02. The molecule has 1 aromatic heterocycles. The zero-order valence-electron chi connectivity index (χ0n) is 11.2. The van der Waals surface area contributed by atoms with Crippen molar-refractivity contribution in [1.29, 1.82) is 0 Å². The monoisotopic (exact) mass is 307 g/mol. The van der Waals surface area contributed by atoms with Gasteiger partial charge in [-0.1, -0.05) is 18.2 Å². The van der Waals surface area contributed by atoms with E-state index in [-0.39, 0.29) is 16.4 Å². The van der Waals surface area contributed by atoms with Crippen LogP contribution < -0.4 is 4.31 Å². The van der Waals surface area contributed by atoms with Gasteiger partial charge in [-0.25, -0.2) is 13.2 Å². The molecule has 0 radical (unpaired) electrons. The van der Waals surface area contributed by atoms with E-state index in [4.69, 9.17) is 9.52 Å². The molecule has 2 heterocycles. The molecule has 7 heteroatoms. The third-order valence-corrected chi connectivity index (χ3v) is 5.42. The number of aryl methyl sites for hydroxylation is 1. The first-order valence-electron chi connectivity index (χ1n) is 6.35. The van der Waals surface area contributed by atoms with E-state index in [0.29, 0.717) is 18.7 Å². The molecule has 21 heavy (non-hydrogen) atoms. The first-order chi connectivity index (χ1) is 9.91. The Morgan fingerprint density at radius 1 is 1.33 bits per heavy atom. The number of fused-ring (bicyclic) bond motifs is 1. The van der Waals surface area contributed by atoms with Gasteiger partial charge in [-0.05, 0) is 25.0 Å². The van der Waals surface area contributed by atoms with Crippen molar-refractivity contribution in [3.8, 4) is 0 Å². The van der Waals surface area contributed by atoms with Crippen LogP contribution in [0.2, 0.25) is 0 Å². The molecule has 2 aromatic rings. The number of carbonyl (C=O) groups is 1. The molecule has 0 aliphatic carbocycles. The summed E-state index contributed by atoms with van der Waals surface area (Å²) >= 11 is 0. The molecule has 0 unspecified atom stereocenters. The van der Waals surface area contributed by atoms with Gasteiger partial charge in [0.05, 0.1) is 5.69 Å². The second-order valence-corrected chi connectivity index (χ2v) is 6.62. The minimum Gasteiger partial charge on any atom is -0.475 e. The van der Waals surface area contributed by atoms with Crippen LogP contribution in [0.4, 0.5) is 5.69 Å². The van der Waals surface area contributed by atoms with Crippen molar-refractivity contribution in [3.63, 3.8) is 0 Å². The van der Waals surface area contributed by atoms with E-state index < -0.39 is 16.0 Å². The average molecular weight is 307 g/mol. The Labute approximate surface area is 121 Å². The van der Waals surface area contributed by atoms with E-state index in [2.05, 4.69) is 0 Å². The molecule has 3 rings (SSSR count). The number of carboxylic acids is 1. The zero-order chi connectivity index (χ0) is 15.2. The predicted octanol–water partition coefficient (Wildman–Crippen LogP) is 2.04. The van der Waals surface area contributed by atoms with Crippen LogP contribution in [0.1, 0.15) is 21.9 Å². The van der Waals surface area contributed by atoms with Crippen molar-refractivity contribution in [2.75, 3.05) is 10.8 Å². The van der Waals surface area contributed by atoms with Crippen LogP contribution in [0.5, 0.6) is 0 Å². The fourth-order valence-electron chi connectivity index (χ4n) is 2.50. The van der Waals surface area contributed by atoms with Crippen LogP contribution in [-0.4, -0.2) is 26.0 Å². The van der Waals surface area contributed by atoms with Gasteiger partial charge < -0.3 is 9.52 Å². The summed E-state index contributed by atoms with van der Waals surface area (Å²) in [5.41, 5.74) is 1.59. The Morgan fingerprint density at radius 3 is 2.71 bits per heavy atom. The van der Waals surface area contributed by atoms with Gasteiger partial charge in [0.25, 0.3) is 10.0 Å². The highest BCUT2D eigenvalue weighted by molar-refractivity contribution is 7.93. The van der Waals surface area contributed by atoms with E-state index in [1.165, 1.54) is 11.2 Å². The van der Waals surface area contributed by atoms with Crippen molar-refractivity contribution in [1.82, 2.24) is 0 Å². The lowest BCUT2D eigenvalue weighted by atomic mass is 10.2. The normalized spacial score (nSPS) is 14.2. The molecule has 110 valence electrons. The second-order valence-electron chi connectivity index (χ2n) is 4.79. The maximum absolute atomic E-state index is 12.7. The van der Waals surface area contributed by atoms with Crippen molar-refractivity contribution < 1.29 is 22.7 Å². The molecule has 0 atom stereocenters. The summed E-state index contributed by atoms with van der Waals surface area (Å²) in [5, 5.41) is 8.91. The number of para-hydroxylation sites is 1. The van der Waals surface area contributed by atoms with Gasteiger partial charge in [-0.15, -0.1) is 0 Å². The van der Waals surface area contributed by atoms with E-state index in [1.807, 2.05) is 12.1 Å². The summed E-state index contributed by atoms with van der Waals surface area (Å²) in [5.74, 6) is -1.59. The standard InChI is InChI=1S/C14H13NO5S/c1-9-13(8-12(20-9)14(16)17)21(18,19)15-7-6-10-4-2-3-5-11(10)15/h2-5,8H,6-7H2,1H3,(H,16,17). The molecule has 0 fully saturated rings. The summed E-state index contributed by atoms with van der Waals surface area (Å²) in [4.78, 5) is 10.8. The highest BCUT2D eigenvalue weighted by atomic mass is 32.2. The van der Waals surface area contributed by atoms with Crippen LogP contribution in [0.25, 0.3) is 0 Å². The van der Waals surface area contributed by atoms with Crippen LogP contribution in [0.15, 0.2) is 39.6 Å². The second kappa shape index (κ2) is 4.63. The number of rotatable bonds is 3. The number of hydrogen-bond donors (Lipinski definition) is 1. The number of aromatic carboxylic acids is 1. The van der Waals surface area contributed by atoms with Gasteiger partial charge in [0.2, 0.25) is 5.76 Å². The third kappa shape index (κ3) is 2.09. The van der Waals surface area contributed by atoms with Gasteiger partial charge in [0.15, 0.2) is 0 Å². The van der Waals surface area contributed by atoms with Gasteiger partial charge in [-0.3, -0.25) is 4.31 Å². The molecule has 1 aliphatic rings. The lowest BCUT2D eigenvalue weighted by molar-refractivity contribution is 0.0661. The smallest absolute Gasteiger partial charge is 0.371 e. The number of anilines is 1. The Bertz CT molecular complexity index is 822. The largest absolute Gasteiger partial charge is 0.475 e. The molecule has 0 bridgehead atoms.